The van der Waals surface area contributed by atoms with E-state index < -0.39 is 0 Å². The molecular formula is C21H23NO. The molecule has 1 aromatic heterocycles. The molecule has 118 valence electrons. The van der Waals surface area contributed by atoms with Crippen LogP contribution in [0.3, 0.4) is 0 Å². The molecular weight excluding hydrogens is 282 g/mol. The molecule has 2 heteroatoms. The van der Waals surface area contributed by atoms with Gasteiger partial charge in [0.05, 0.1) is 0 Å². The predicted molar refractivity (Wildman–Crippen MR) is 96.1 cm³/mol. The van der Waals surface area contributed by atoms with Crippen LogP contribution < -0.4 is 4.90 Å². The fourth-order valence-electron chi connectivity index (χ4n) is 5.23. The molecule has 1 aliphatic heterocycles. The van der Waals surface area contributed by atoms with Crippen LogP contribution in [0.2, 0.25) is 0 Å². The zero-order valence-electron chi connectivity index (χ0n) is 14.1. The van der Waals surface area contributed by atoms with E-state index in [9.17, 15) is 0 Å². The third kappa shape index (κ3) is 1.69. The second kappa shape index (κ2) is 4.31. The number of hydrogen-bond donors (Lipinski definition) is 0. The van der Waals surface area contributed by atoms with Gasteiger partial charge in [0, 0.05) is 28.0 Å². The Morgan fingerprint density at radius 2 is 1.96 bits per heavy atom. The molecule has 1 saturated heterocycles. The van der Waals surface area contributed by atoms with Crippen molar-refractivity contribution in [3.8, 4) is 0 Å². The number of fused-ring (bicyclic) bond motifs is 5. The monoisotopic (exact) mass is 305 g/mol. The van der Waals surface area contributed by atoms with Crippen molar-refractivity contribution in [2.24, 2.45) is 5.92 Å². The minimum Gasteiger partial charge on any atom is -0.456 e. The molecule has 1 saturated carbocycles. The molecule has 1 aliphatic carbocycles. The average molecular weight is 305 g/mol. The number of hydrogen-bond acceptors (Lipinski definition) is 2. The van der Waals surface area contributed by atoms with E-state index in [1.54, 1.807) is 0 Å². The number of rotatable bonds is 1. The summed E-state index contributed by atoms with van der Waals surface area (Å²) in [7, 11) is 0. The van der Waals surface area contributed by atoms with Gasteiger partial charge in [-0.05, 0) is 69.7 Å². The van der Waals surface area contributed by atoms with Gasteiger partial charge in [0.15, 0.2) is 0 Å². The highest BCUT2D eigenvalue weighted by molar-refractivity contribution is 6.06. The van der Waals surface area contributed by atoms with Crippen LogP contribution >= 0.6 is 0 Å². The van der Waals surface area contributed by atoms with E-state index >= 15 is 0 Å². The Balaban J connectivity index is 1.75. The maximum absolute atomic E-state index is 6.05. The summed E-state index contributed by atoms with van der Waals surface area (Å²) in [6, 6.07) is 13.6. The van der Waals surface area contributed by atoms with E-state index in [1.165, 1.54) is 41.3 Å². The Bertz CT molecular complexity index is 924. The number of piperidine rings is 1. The highest BCUT2D eigenvalue weighted by Gasteiger charge is 2.51. The summed E-state index contributed by atoms with van der Waals surface area (Å²) in [6.45, 7) is 7.09. The van der Waals surface area contributed by atoms with Crippen molar-refractivity contribution in [1.82, 2.24) is 0 Å². The van der Waals surface area contributed by atoms with Gasteiger partial charge in [-0.1, -0.05) is 18.2 Å². The van der Waals surface area contributed by atoms with Crippen LogP contribution in [-0.2, 0) is 0 Å². The summed E-state index contributed by atoms with van der Waals surface area (Å²) in [5.41, 5.74) is 5.07. The molecule has 0 amide bonds. The van der Waals surface area contributed by atoms with Crippen LogP contribution in [0.15, 0.2) is 40.8 Å². The van der Waals surface area contributed by atoms with Gasteiger partial charge >= 0.3 is 0 Å². The van der Waals surface area contributed by atoms with Gasteiger partial charge in [0.1, 0.15) is 11.2 Å². The molecule has 2 fully saturated rings. The normalized spacial score (nSPS) is 30.0. The van der Waals surface area contributed by atoms with Crippen LogP contribution in [0.4, 0.5) is 5.69 Å². The van der Waals surface area contributed by atoms with Crippen molar-refractivity contribution in [2.45, 2.75) is 51.6 Å². The highest BCUT2D eigenvalue weighted by atomic mass is 16.3. The average Bonchev–Trinajstić information content (AvgIpc) is 3.15. The molecule has 2 unspecified atom stereocenters. The standard InChI is InChI=1S/C21H23NO/c1-13-10-20-17(16-6-4-5-7-19(16)23-20)11-18(13)22-14(2)15-8-9-21(22,3)12-15/h4-7,10-11,14-15H,8-9,12H2,1-3H3/t14-,15?,21?/m0/s1. The first-order valence-electron chi connectivity index (χ1n) is 8.78. The van der Waals surface area contributed by atoms with E-state index in [0.29, 0.717) is 11.6 Å². The predicted octanol–water partition coefficient (Wildman–Crippen LogP) is 5.66. The quantitative estimate of drug-likeness (QED) is 0.576. The number of aryl methyl sites for hydroxylation is 1. The number of anilines is 1. The maximum Gasteiger partial charge on any atom is 0.135 e. The number of furan rings is 1. The summed E-state index contributed by atoms with van der Waals surface area (Å²) in [5.74, 6) is 0.858. The molecule has 0 spiro atoms. The summed E-state index contributed by atoms with van der Waals surface area (Å²) < 4.78 is 6.05. The molecule has 23 heavy (non-hydrogen) atoms. The van der Waals surface area contributed by atoms with Crippen molar-refractivity contribution >= 4 is 27.6 Å². The van der Waals surface area contributed by atoms with Crippen molar-refractivity contribution in [1.29, 1.82) is 0 Å². The van der Waals surface area contributed by atoms with Crippen molar-refractivity contribution in [2.75, 3.05) is 4.90 Å². The molecule has 2 aliphatic rings. The van der Waals surface area contributed by atoms with Gasteiger partial charge in [-0.3, -0.25) is 0 Å². The molecule has 2 heterocycles. The first kappa shape index (κ1) is 13.5. The zero-order valence-corrected chi connectivity index (χ0v) is 14.1. The maximum atomic E-state index is 6.05. The molecule has 0 N–H and O–H groups in total. The topological polar surface area (TPSA) is 16.4 Å². The third-order valence-corrected chi connectivity index (χ3v) is 6.38. The minimum atomic E-state index is 0.335. The molecule has 3 atom stereocenters. The van der Waals surface area contributed by atoms with Crippen molar-refractivity contribution in [3.05, 3.63) is 42.0 Å². The van der Waals surface area contributed by atoms with Gasteiger partial charge in [0.2, 0.25) is 0 Å². The lowest BCUT2D eigenvalue weighted by Crippen LogP contribution is -2.47. The second-order valence-corrected chi connectivity index (χ2v) is 7.84. The molecule has 3 aromatic rings. The van der Waals surface area contributed by atoms with Crippen LogP contribution in [0, 0.1) is 12.8 Å². The molecule has 2 aromatic carbocycles. The molecule has 2 nitrogen and oxygen atoms in total. The van der Waals surface area contributed by atoms with Crippen LogP contribution in [0.1, 0.15) is 38.7 Å². The van der Waals surface area contributed by atoms with Crippen LogP contribution in [-0.4, -0.2) is 11.6 Å². The lowest BCUT2D eigenvalue weighted by Gasteiger charge is -2.43. The van der Waals surface area contributed by atoms with E-state index in [2.05, 4.69) is 56.0 Å². The number of benzene rings is 2. The largest absolute Gasteiger partial charge is 0.456 e. The third-order valence-electron chi connectivity index (χ3n) is 6.38. The lowest BCUT2D eigenvalue weighted by atomic mass is 9.95. The van der Waals surface area contributed by atoms with Gasteiger partial charge in [-0.25, -0.2) is 0 Å². The van der Waals surface area contributed by atoms with Crippen molar-refractivity contribution in [3.63, 3.8) is 0 Å². The fraction of sp³-hybridized carbons (Fsp3) is 0.429. The van der Waals surface area contributed by atoms with Gasteiger partial charge in [-0.2, -0.15) is 0 Å². The molecule has 2 bridgehead atoms. The SMILES string of the molecule is Cc1cc2oc3ccccc3c2cc1N1[C@@H](C)C2CCC1(C)C2. The van der Waals surface area contributed by atoms with Gasteiger partial charge in [0.25, 0.3) is 0 Å². The minimum absolute atomic E-state index is 0.335. The van der Waals surface area contributed by atoms with Crippen LogP contribution in [0.5, 0.6) is 0 Å². The smallest absolute Gasteiger partial charge is 0.135 e. The zero-order chi connectivity index (χ0) is 15.8. The van der Waals surface area contributed by atoms with Crippen LogP contribution in [0.25, 0.3) is 21.9 Å². The fourth-order valence-corrected chi connectivity index (χ4v) is 5.23. The summed E-state index contributed by atoms with van der Waals surface area (Å²) in [6.07, 6.45) is 4.06. The Kier molecular flexibility index (Phi) is 2.53. The Morgan fingerprint density at radius 1 is 1.13 bits per heavy atom. The summed E-state index contributed by atoms with van der Waals surface area (Å²) in [4.78, 5) is 2.71. The Hall–Kier alpha value is -1.96. The number of nitrogens with zero attached hydrogens (tertiary/aromatic N) is 1. The van der Waals surface area contributed by atoms with Gasteiger partial charge < -0.3 is 9.32 Å². The highest BCUT2D eigenvalue weighted by Crippen LogP contribution is 2.52. The first-order valence-corrected chi connectivity index (χ1v) is 8.78. The lowest BCUT2D eigenvalue weighted by molar-refractivity contribution is 0.402. The van der Waals surface area contributed by atoms with E-state index in [-0.39, 0.29) is 0 Å². The van der Waals surface area contributed by atoms with E-state index in [1.807, 2.05) is 6.07 Å². The first-order chi connectivity index (χ1) is 11.1. The molecule has 0 radical (unpaired) electrons. The van der Waals surface area contributed by atoms with Crippen molar-refractivity contribution < 1.29 is 4.42 Å². The Labute approximate surface area is 137 Å². The van der Waals surface area contributed by atoms with E-state index in [4.69, 9.17) is 4.42 Å². The van der Waals surface area contributed by atoms with Gasteiger partial charge in [-0.15, -0.1) is 0 Å². The summed E-state index contributed by atoms with van der Waals surface area (Å²) >= 11 is 0. The molecule has 5 rings (SSSR count). The summed E-state index contributed by atoms with van der Waals surface area (Å²) in [5, 5.41) is 2.48. The van der Waals surface area contributed by atoms with E-state index in [0.717, 1.165) is 17.1 Å². The Morgan fingerprint density at radius 3 is 2.74 bits per heavy atom. The number of para-hydroxylation sites is 1. The second-order valence-electron chi connectivity index (χ2n) is 7.84.